The number of carbonyl (C=O) groups excluding carboxylic acids is 1. The Balaban J connectivity index is 2.26. The quantitative estimate of drug-likeness (QED) is 0.934. The number of methoxy groups -OCH3 is 2. The zero-order valence-electron chi connectivity index (χ0n) is 12.7. The van der Waals surface area contributed by atoms with Crippen LogP contribution in [0.15, 0.2) is 36.4 Å². The summed E-state index contributed by atoms with van der Waals surface area (Å²) < 4.78 is 10.5. The van der Waals surface area contributed by atoms with E-state index < -0.39 is 0 Å². The highest BCUT2D eigenvalue weighted by Crippen LogP contribution is 2.33. The van der Waals surface area contributed by atoms with Crippen molar-refractivity contribution in [3.63, 3.8) is 0 Å². The lowest BCUT2D eigenvalue weighted by Crippen LogP contribution is -2.13. The van der Waals surface area contributed by atoms with Gasteiger partial charge in [-0.15, -0.1) is 0 Å². The summed E-state index contributed by atoms with van der Waals surface area (Å²) in [6.07, 6.45) is 0. The van der Waals surface area contributed by atoms with Crippen LogP contribution < -0.4 is 14.8 Å². The van der Waals surface area contributed by atoms with Crippen molar-refractivity contribution in [3.8, 4) is 11.5 Å². The van der Waals surface area contributed by atoms with Crippen molar-refractivity contribution in [3.05, 3.63) is 53.1 Å². The smallest absolute Gasteiger partial charge is 0.255 e. The molecule has 2 aromatic carbocycles. The predicted molar refractivity (Wildman–Crippen MR) is 83.4 cm³/mol. The number of aryl methyl sites for hydroxylation is 2. The van der Waals surface area contributed by atoms with Crippen LogP contribution in [0.1, 0.15) is 21.5 Å². The number of carbonyl (C=O) groups is 1. The fourth-order valence-corrected chi connectivity index (χ4v) is 2.01. The minimum atomic E-state index is -0.148. The van der Waals surface area contributed by atoms with E-state index in [2.05, 4.69) is 5.32 Å². The maximum absolute atomic E-state index is 12.2. The molecule has 0 aliphatic rings. The summed E-state index contributed by atoms with van der Waals surface area (Å²) in [6, 6.07) is 11.0. The molecular weight excluding hydrogens is 266 g/mol. The highest BCUT2D eigenvalue weighted by molar-refractivity contribution is 6.04. The largest absolute Gasteiger partial charge is 0.493 e. The third-order valence-electron chi connectivity index (χ3n) is 3.29. The Morgan fingerprint density at radius 1 is 0.952 bits per heavy atom. The summed E-state index contributed by atoms with van der Waals surface area (Å²) >= 11 is 0. The highest BCUT2D eigenvalue weighted by atomic mass is 16.5. The van der Waals surface area contributed by atoms with E-state index in [1.165, 1.54) is 0 Å². The van der Waals surface area contributed by atoms with Gasteiger partial charge in [0.25, 0.3) is 5.91 Å². The van der Waals surface area contributed by atoms with Gasteiger partial charge in [0.1, 0.15) is 0 Å². The Hall–Kier alpha value is -2.49. The number of hydrogen-bond donors (Lipinski definition) is 1. The molecule has 0 bridgehead atoms. The first-order valence-corrected chi connectivity index (χ1v) is 6.65. The Labute approximate surface area is 124 Å². The minimum Gasteiger partial charge on any atom is -0.493 e. The van der Waals surface area contributed by atoms with Gasteiger partial charge in [-0.25, -0.2) is 0 Å². The van der Waals surface area contributed by atoms with E-state index in [-0.39, 0.29) is 5.91 Å². The molecule has 0 spiro atoms. The van der Waals surface area contributed by atoms with Gasteiger partial charge >= 0.3 is 0 Å². The fraction of sp³-hybridized carbons (Fsp3) is 0.235. The molecule has 4 nitrogen and oxygen atoms in total. The van der Waals surface area contributed by atoms with Crippen LogP contribution in [-0.2, 0) is 0 Å². The van der Waals surface area contributed by atoms with Crippen LogP contribution in [-0.4, -0.2) is 20.1 Å². The van der Waals surface area contributed by atoms with E-state index in [1.807, 2.05) is 32.0 Å². The average Bonchev–Trinajstić information content (AvgIpc) is 2.49. The molecule has 2 rings (SSSR count). The van der Waals surface area contributed by atoms with E-state index in [0.717, 1.165) is 11.1 Å². The third kappa shape index (κ3) is 3.34. The number of benzene rings is 2. The minimum absolute atomic E-state index is 0.148. The Kier molecular flexibility index (Phi) is 4.48. The second kappa shape index (κ2) is 6.31. The SMILES string of the molecule is COc1cc(C)c(NC(=O)c2ccc(C)cc2)cc1OC. The number of anilines is 1. The molecule has 0 saturated carbocycles. The van der Waals surface area contributed by atoms with E-state index in [4.69, 9.17) is 9.47 Å². The van der Waals surface area contributed by atoms with Crippen molar-refractivity contribution in [2.75, 3.05) is 19.5 Å². The van der Waals surface area contributed by atoms with Gasteiger partial charge in [0, 0.05) is 17.3 Å². The van der Waals surface area contributed by atoms with Crippen molar-refractivity contribution < 1.29 is 14.3 Å². The standard InChI is InChI=1S/C17H19NO3/c1-11-5-7-13(8-6-11)17(19)18-14-10-16(21-4)15(20-3)9-12(14)2/h5-10H,1-4H3,(H,18,19). The molecule has 0 fully saturated rings. The van der Waals surface area contributed by atoms with Gasteiger partial charge in [0.05, 0.1) is 14.2 Å². The molecule has 110 valence electrons. The molecule has 21 heavy (non-hydrogen) atoms. The normalized spacial score (nSPS) is 10.1. The Morgan fingerprint density at radius 2 is 1.52 bits per heavy atom. The monoisotopic (exact) mass is 285 g/mol. The zero-order chi connectivity index (χ0) is 15.4. The molecule has 0 aromatic heterocycles. The van der Waals surface area contributed by atoms with Gasteiger partial charge < -0.3 is 14.8 Å². The van der Waals surface area contributed by atoms with Crippen LogP contribution in [0.25, 0.3) is 0 Å². The molecule has 4 heteroatoms. The maximum Gasteiger partial charge on any atom is 0.255 e. The van der Waals surface area contributed by atoms with Gasteiger partial charge in [-0.05, 0) is 37.6 Å². The third-order valence-corrected chi connectivity index (χ3v) is 3.29. The Morgan fingerprint density at radius 3 is 2.10 bits per heavy atom. The molecule has 0 heterocycles. The molecule has 0 aliphatic carbocycles. The summed E-state index contributed by atoms with van der Waals surface area (Å²) in [5.74, 6) is 1.08. The molecule has 2 aromatic rings. The average molecular weight is 285 g/mol. The first-order chi connectivity index (χ1) is 10.0. The van der Waals surface area contributed by atoms with Crippen LogP contribution in [0, 0.1) is 13.8 Å². The fourth-order valence-electron chi connectivity index (χ4n) is 2.01. The van der Waals surface area contributed by atoms with Gasteiger partial charge in [0.2, 0.25) is 0 Å². The van der Waals surface area contributed by atoms with Gasteiger partial charge in [-0.3, -0.25) is 4.79 Å². The van der Waals surface area contributed by atoms with Gasteiger partial charge in [-0.1, -0.05) is 17.7 Å². The lowest BCUT2D eigenvalue weighted by molar-refractivity contribution is 0.102. The van der Waals surface area contributed by atoms with Crippen LogP contribution in [0.4, 0.5) is 5.69 Å². The van der Waals surface area contributed by atoms with Crippen LogP contribution >= 0.6 is 0 Å². The van der Waals surface area contributed by atoms with Crippen LogP contribution in [0.5, 0.6) is 11.5 Å². The molecule has 1 N–H and O–H groups in total. The number of nitrogens with one attached hydrogen (secondary N) is 1. The molecule has 1 amide bonds. The molecule has 0 unspecified atom stereocenters. The molecule has 0 saturated heterocycles. The van der Waals surface area contributed by atoms with Gasteiger partial charge in [-0.2, -0.15) is 0 Å². The summed E-state index contributed by atoms with van der Waals surface area (Å²) in [4.78, 5) is 12.2. The van der Waals surface area contributed by atoms with Gasteiger partial charge in [0.15, 0.2) is 11.5 Å². The summed E-state index contributed by atoms with van der Waals surface area (Å²) in [6.45, 7) is 3.90. The predicted octanol–water partition coefficient (Wildman–Crippen LogP) is 3.57. The Bertz CT molecular complexity index is 648. The van der Waals surface area contributed by atoms with Crippen molar-refractivity contribution in [2.45, 2.75) is 13.8 Å². The number of ether oxygens (including phenoxy) is 2. The second-order valence-electron chi connectivity index (χ2n) is 4.84. The molecule has 0 atom stereocenters. The summed E-state index contributed by atoms with van der Waals surface area (Å²) in [5, 5.41) is 2.90. The molecular formula is C17H19NO3. The van der Waals surface area contributed by atoms with E-state index in [0.29, 0.717) is 22.7 Å². The van der Waals surface area contributed by atoms with Crippen molar-refractivity contribution in [2.24, 2.45) is 0 Å². The van der Waals surface area contributed by atoms with E-state index >= 15 is 0 Å². The topological polar surface area (TPSA) is 47.6 Å². The molecule has 0 aliphatic heterocycles. The maximum atomic E-state index is 12.2. The van der Waals surface area contributed by atoms with E-state index in [1.54, 1.807) is 32.4 Å². The first kappa shape index (κ1) is 14.9. The van der Waals surface area contributed by atoms with Crippen molar-refractivity contribution >= 4 is 11.6 Å². The summed E-state index contributed by atoms with van der Waals surface area (Å²) in [7, 11) is 3.15. The van der Waals surface area contributed by atoms with E-state index in [9.17, 15) is 4.79 Å². The number of rotatable bonds is 4. The highest BCUT2D eigenvalue weighted by Gasteiger charge is 2.12. The first-order valence-electron chi connectivity index (χ1n) is 6.65. The summed E-state index contributed by atoms with van der Waals surface area (Å²) in [5.41, 5.74) is 3.36. The van der Waals surface area contributed by atoms with Crippen LogP contribution in [0.3, 0.4) is 0 Å². The lowest BCUT2D eigenvalue weighted by atomic mass is 10.1. The number of hydrogen-bond acceptors (Lipinski definition) is 3. The second-order valence-corrected chi connectivity index (χ2v) is 4.84. The molecule has 0 radical (unpaired) electrons. The van der Waals surface area contributed by atoms with Crippen molar-refractivity contribution in [1.82, 2.24) is 0 Å². The zero-order valence-corrected chi connectivity index (χ0v) is 12.7. The van der Waals surface area contributed by atoms with Crippen LogP contribution in [0.2, 0.25) is 0 Å². The number of amides is 1. The lowest BCUT2D eigenvalue weighted by Gasteiger charge is -2.13. The van der Waals surface area contributed by atoms with Crippen molar-refractivity contribution in [1.29, 1.82) is 0 Å².